The van der Waals surface area contributed by atoms with Gasteiger partial charge in [-0.1, -0.05) is 0 Å². The van der Waals surface area contributed by atoms with Crippen LogP contribution < -0.4 is 5.73 Å². The second-order valence-electron chi connectivity index (χ2n) is 3.09. The van der Waals surface area contributed by atoms with Gasteiger partial charge in [0, 0.05) is 18.3 Å². The Labute approximate surface area is 91.4 Å². The lowest BCUT2D eigenvalue weighted by atomic mass is 10.0. The summed E-state index contributed by atoms with van der Waals surface area (Å²) in [5.74, 6) is -0.608. The zero-order valence-electron chi connectivity index (χ0n) is 8.74. The standard InChI is InChI=1S/C10H12F2N2O2/c1-16-8(15)4-7-9(10(11)12)6(5-13)2-3-14-7/h2-3,10H,4-5,13H2,1H3. The molecule has 0 aliphatic rings. The van der Waals surface area contributed by atoms with Gasteiger partial charge >= 0.3 is 5.97 Å². The summed E-state index contributed by atoms with van der Waals surface area (Å²) in [6.45, 7) is -0.0175. The van der Waals surface area contributed by atoms with E-state index in [0.29, 0.717) is 5.56 Å². The summed E-state index contributed by atoms with van der Waals surface area (Å²) >= 11 is 0. The van der Waals surface area contributed by atoms with Gasteiger partial charge in [-0.2, -0.15) is 0 Å². The normalized spacial score (nSPS) is 10.6. The topological polar surface area (TPSA) is 65.2 Å². The van der Waals surface area contributed by atoms with Gasteiger partial charge in [0.05, 0.1) is 19.2 Å². The van der Waals surface area contributed by atoms with Crippen LogP contribution in [0.25, 0.3) is 0 Å². The fraction of sp³-hybridized carbons (Fsp3) is 0.400. The number of carbonyl (C=O) groups excluding carboxylic acids is 1. The molecule has 1 aromatic heterocycles. The van der Waals surface area contributed by atoms with Crippen LogP contribution in [0.5, 0.6) is 0 Å². The fourth-order valence-corrected chi connectivity index (χ4v) is 1.36. The number of hydrogen-bond acceptors (Lipinski definition) is 4. The summed E-state index contributed by atoms with van der Waals surface area (Å²) in [6.07, 6.45) is -1.62. The van der Waals surface area contributed by atoms with E-state index in [1.807, 2.05) is 0 Å². The molecule has 0 aliphatic heterocycles. The first-order chi connectivity index (χ1) is 7.60. The van der Waals surface area contributed by atoms with Crippen molar-refractivity contribution in [3.05, 3.63) is 29.1 Å². The predicted molar refractivity (Wildman–Crippen MR) is 52.8 cm³/mol. The molecular formula is C10H12F2N2O2. The smallest absolute Gasteiger partial charge is 0.311 e. The molecule has 1 heterocycles. The van der Waals surface area contributed by atoms with Gasteiger partial charge in [-0.3, -0.25) is 9.78 Å². The third-order valence-electron chi connectivity index (χ3n) is 2.14. The average molecular weight is 230 g/mol. The van der Waals surface area contributed by atoms with Crippen LogP contribution in [-0.2, 0) is 22.5 Å². The van der Waals surface area contributed by atoms with Gasteiger partial charge in [0.1, 0.15) is 0 Å². The monoisotopic (exact) mass is 230 g/mol. The van der Waals surface area contributed by atoms with E-state index in [4.69, 9.17) is 5.73 Å². The third-order valence-corrected chi connectivity index (χ3v) is 2.14. The first-order valence-electron chi connectivity index (χ1n) is 4.61. The minimum atomic E-state index is -2.70. The molecule has 0 unspecified atom stereocenters. The zero-order valence-corrected chi connectivity index (χ0v) is 8.74. The molecule has 0 atom stereocenters. The lowest BCUT2D eigenvalue weighted by Crippen LogP contribution is -2.12. The second kappa shape index (κ2) is 5.50. The van der Waals surface area contributed by atoms with Gasteiger partial charge in [-0.25, -0.2) is 8.78 Å². The molecule has 0 saturated carbocycles. The van der Waals surface area contributed by atoms with Crippen molar-refractivity contribution in [1.29, 1.82) is 0 Å². The molecule has 2 N–H and O–H groups in total. The van der Waals surface area contributed by atoms with Gasteiger partial charge in [-0.15, -0.1) is 0 Å². The number of aromatic nitrogens is 1. The van der Waals surface area contributed by atoms with Crippen molar-refractivity contribution >= 4 is 5.97 Å². The molecule has 0 radical (unpaired) electrons. The SMILES string of the molecule is COC(=O)Cc1nccc(CN)c1C(F)F. The number of ether oxygens (including phenoxy) is 1. The summed E-state index contributed by atoms with van der Waals surface area (Å²) < 4.78 is 30.0. The molecule has 0 spiro atoms. The summed E-state index contributed by atoms with van der Waals surface area (Å²) in [7, 11) is 1.19. The van der Waals surface area contributed by atoms with E-state index < -0.39 is 12.4 Å². The number of methoxy groups -OCH3 is 1. The Bertz CT molecular complexity index is 383. The molecule has 6 heteroatoms. The number of esters is 1. The number of hydrogen-bond donors (Lipinski definition) is 1. The maximum absolute atomic E-state index is 12.8. The summed E-state index contributed by atoms with van der Waals surface area (Å²) in [4.78, 5) is 14.8. The molecule has 0 amide bonds. The summed E-state index contributed by atoms with van der Waals surface area (Å²) in [5.41, 5.74) is 5.39. The van der Waals surface area contributed by atoms with Crippen LogP contribution >= 0.6 is 0 Å². The Balaban J connectivity index is 3.11. The quantitative estimate of drug-likeness (QED) is 0.789. The highest BCUT2D eigenvalue weighted by molar-refractivity contribution is 5.72. The van der Waals surface area contributed by atoms with Crippen molar-refractivity contribution in [2.24, 2.45) is 5.73 Å². The van der Waals surface area contributed by atoms with Crippen molar-refractivity contribution < 1.29 is 18.3 Å². The van der Waals surface area contributed by atoms with E-state index >= 15 is 0 Å². The first-order valence-corrected chi connectivity index (χ1v) is 4.61. The Hall–Kier alpha value is -1.56. The van der Waals surface area contributed by atoms with E-state index in [1.54, 1.807) is 0 Å². The maximum atomic E-state index is 12.8. The molecule has 4 nitrogen and oxygen atoms in total. The number of alkyl halides is 2. The van der Waals surface area contributed by atoms with E-state index in [-0.39, 0.29) is 24.2 Å². The molecule has 0 saturated heterocycles. The number of halogens is 2. The third kappa shape index (κ3) is 2.73. The van der Waals surface area contributed by atoms with Crippen molar-refractivity contribution in [3.63, 3.8) is 0 Å². The molecule has 0 fully saturated rings. The van der Waals surface area contributed by atoms with Gasteiger partial charge in [0.2, 0.25) is 0 Å². The van der Waals surface area contributed by atoms with Gasteiger partial charge in [-0.05, 0) is 11.6 Å². The van der Waals surface area contributed by atoms with Crippen molar-refractivity contribution in [3.8, 4) is 0 Å². The van der Waals surface area contributed by atoms with E-state index in [0.717, 1.165) is 0 Å². The molecule has 0 aliphatic carbocycles. The number of rotatable bonds is 4. The van der Waals surface area contributed by atoms with Crippen LogP contribution in [0.15, 0.2) is 12.3 Å². The Morgan fingerprint density at radius 2 is 2.31 bits per heavy atom. The van der Waals surface area contributed by atoms with Crippen LogP contribution in [0.1, 0.15) is 23.2 Å². The number of pyridine rings is 1. The van der Waals surface area contributed by atoms with Crippen molar-refractivity contribution in [2.45, 2.75) is 19.4 Å². The Kier molecular flexibility index (Phi) is 4.30. The van der Waals surface area contributed by atoms with Crippen LogP contribution in [-0.4, -0.2) is 18.1 Å². The first kappa shape index (κ1) is 12.5. The second-order valence-corrected chi connectivity index (χ2v) is 3.09. The number of nitrogens with zero attached hydrogens (tertiary/aromatic N) is 1. The van der Waals surface area contributed by atoms with Crippen LogP contribution in [0.4, 0.5) is 8.78 Å². The van der Waals surface area contributed by atoms with Gasteiger partial charge in [0.25, 0.3) is 6.43 Å². The molecule has 16 heavy (non-hydrogen) atoms. The highest BCUT2D eigenvalue weighted by Gasteiger charge is 2.20. The lowest BCUT2D eigenvalue weighted by molar-refractivity contribution is -0.139. The van der Waals surface area contributed by atoms with E-state index in [1.165, 1.54) is 19.4 Å². The highest BCUT2D eigenvalue weighted by atomic mass is 19.3. The van der Waals surface area contributed by atoms with Crippen LogP contribution in [0.2, 0.25) is 0 Å². The van der Waals surface area contributed by atoms with E-state index in [2.05, 4.69) is 9.72 Å². The Morgan fingerprint density at radius 3 is 2.81 bits per heavy atom. The molecule has 88 valence electrons. The average Bonchev–Trinajstić information content (AvgIpc) is 2.28. The largest absolute Gasteiger partial charge is 0.469 e. The van der Waals surface area contributed by atoms with Crippen LogP contribution in [0.3, 0.4) is 0 Å². The fourth-order valence-electron chi connectivity index (χ4n) is 1.36. The molecule has 0 aromatic carbocycles. The van der Waals surface area contributed by atoms with E-state index in [9.17, 15) is 13.6 Å². The zero-order chi connectivity index (χ0) is 12.1. The number of nitrogens with two attached hydrogens (primary N) is 1. The van der Waals surface area contributed by atoms with Crippen molar-refractivity contribution in [2.75, 3.05) is 7.11 Å². The summed E-state index contributed by atoms with van der Waals surface area (Å²) in [6, 6.07) is 1.42. The minimum absolute atomic E-state index is 0.0175. The molecule has 1 rings (SSSR count). The predicted octanol–water partition coefficient (Wildman–Crippen LogP) is 1.19. The minimum Gasteiger partial charge on any atom is -0.469 e. The highest BCUT2D eigenvalue weighted by Crippen LogP contribution is 2.25. The molecule has 1 aromatic rings. The van der Waals surface area contributed by atoms with Gasteiger partial charge in [0.15, 0.2) is 0 Å². The molecule has 0 bridgehead atoms. The Morgan fingerprint density at radius 1 is 1.62 bits per heavy atom. The lowest BCUT2D eigenvalue weighted by Gasteiger charge is -2.11. The molecular weight excluding hydrogens is 218 g/mol. The number of carbonyl (C=O) groups is 1. The van der Waals surface area contributed by atoms with Gasteiger partial charge < -0.3 is 10.5 Å². The van der Waals surface area contributed by atoms with Crippen molar-refractivity contribution in [1.82, 2.24) is 4.98 Å². The summed E-state index contributed by atoms with van der Waals surface area (Å²) in [5, 5.41) is 0. The maximum Gasteiger partial charge on any atom is 0.311 e. The van der Waals surface area contributed by atoms with Crippen LogP contribution in [0, 0.1) is 0 Å².